The molecular formula is C18H21BrO. The molecule has 2 rings (SSSR count). The van der Waals surface area contributed by atoms with Crippen molar-refractivity contribution in [1.29, 1.82) is 0 Å². The second-order valence-corrected chi connectivity index (χ2v) is 6.44. The van der Waals surface area contributed by atoms with Crippen molar-refractivity contribution in [1.82, 2.24) is 0 Å². The van der Waals surface area contributed by atoms with Crippen LogP contribution in [0, 0.1) is 27.7 Å². The second kappa shape index (κ2) is 6.11. The minimum Gasteiger partial charge on any atom is -0.388 e. The smallest absolute Gasteiger partial charge is 0.0835 e. The summed E-state index contributed by atoms with van der Waals surface area (Å²) in [6.07, 6.45) is 0.187. The van der Waals surface area contributed by atoms with E-state index in [4.69, 9.17) is 0 Å². The Morgan fingerprint density at radius 3 is 2.15 bits per heavy atom. The number of aryl methyl sites for hydroxylation is 2. The highest BCUT2D eigenvalue weighted by atomic mass is 79.9. The van der Waals surface area contributed by atoms with E-state index < -0.39 is 6.10 Å². The molecule has 0 saturated carbocycles. The molecule has 0 aromatic heterocycles. The van der Waals surface area contributed by atoms with Gasteiger partial charge in [-0.05, 0) is 73.2 Å². The maximum absolute atomic E-state index is 10.7. The average molecular weight is 333 g/mol. The molecule has 20 heavy (non-hydrogen) atoms. The van der Waals surface area contributed by atoms with Crippen molar-refractivity contribution in [2.24, 2.45) is 0 Å². The molecule has 1 N–H and O–H groups in total. The van der Waals surface area contributed by atoms with E-state index in [0.717, 1.165) is 15.6 Å². The van der Waals surface area contributed by atoms with E-state index in [1.54, 1.807) is 0 Å². The maximum Gasteiger partial charge on any atom is 0.0835 e. The van der Waals surface area contributed by atoms with Crippen molar-refractivity contribution in [2.75, 3.05) is 0 Å². The van der Waals surface area contributed by atoms with Crippen LogP contribution in [0.25, 0.3) is 0 Å². The van der Waals surface area contributed by atoms with Crippen molar-refractivity contribution in [3.8, 4) is 0 Å². The van der Waals surface area contributed by atoms with E-state index in [-0.39, 0.29) is 0 Å². The van der Waals surface area contributed by atoms with E-state index >= 15 is 0 Å². The van der Waals surface area contributed by atoms with Gasteiger partial charge in [-0.2, -0.15) is 0 Å². The largest absolute Gasteiger partial charge is 0.388 e. The van der Waals surface area contributed by atoms with E-state index in [9.17, 15) is 5.11 Å². The summed E-state index contributed by atoms with van der Waals surface area (Å²) in [5.41, 5.74) is 7.13. The summed E-state index contributed by atoms with van der Waals surface area (Å²) in [5.74, 6) is 0. The van der Waals surface area contributed by atoms with Crippen molar-refractivity contribution in [3.63, 3.8) is 0 Å². The van der Waals surface area contributed by atoms with Crippen molar-refractivity contribution < 1.29 is 5.11 Å². The third-order valence-electron chi connectivity index (χ3n) is 4.08. The van der Waals surface area contributed by atoms with E-state index in [1.807, 2.05) is 12.1 Å². The Labute approximate surface area is 129 Å². The molecule has 0 amide bonds. The van der Waals surface area contributed by atoms with Gasteiger partial charge in [-0.1, -0.05) is 34.1 Å². The lowest BCUT2D eigenvalue weighted by Crippen LogP contribution is -2.08. The molecular weight excluding hydrogens is 312 g/mol. The van der Waals surface area contributed by atoms with Crippen molar-refractivity contribution in [3.05, 3.63) is 68.2 Å². The van der Waals surface area contributed by atoms with Crippen LogP contribution >= 0.6 is 15.9 Å². The molecule has 0 spiro atoms. The van der Waals surface area contributed by atoms with Gasteiger partial charge in [0, 0.05) is 10.9 Å². The molecule has 1 unspecified atom stereocenters. The van der Waals surface area contributed by atoms with Gasteiger partial charge in [-0.25, -0.2) is 0 Å². The van der Waals surface area contributed by atoms with Gasteiger partial charge in [-0.3, -0.25) is 0 Å². The van der Waals surface area contributed by atoms with Crippen LogP contribution in [0.2, 0.25) is 0 Å². The predicted octanol–water partition coefficient (Wildman–Crippen LogP) is 4.96. The number of aliphatic hydroxyl groups is 1. The highest BCUT2D eigenvalue weighted by molar-refractivity contribution is 9.10. The van der Waals surface area contributed by atoms with Gasteiger partial charge < -0.3 is 5.11 Å². The molecule has 0 heterocycles. The van der Waals surface area contributed by atoms with Crippen LogP contribution in [-0.4, -0.2) is 5.11 Å². The van der Waals surface area contributed by atoms with Crippen LogP contribution in [0.3, 0.4) is 0 Å². The zero-order valence-corrected chi connectivity index (χ0v) is 14.1. The molecule has 0 saturated heterocycles. The Bertz CT molecular complexity index is 605. The lowest BCUT2D eigenvalue weighted by atomic mass is 9.89. The fourth-order valence-electron chi connectivity index (χ4n) is 2.74. The molecule has 1 atom stereocenters. The normalized spacial score (nSPS) is 12.5. The first kappa shape index (κ1) is 15.3. The minimum absolute atomic E-state index is 0.456. The van der Waals surface area contributed by atoms with Gasteiger partial charge in [0.1, 0.15) is 0 Å². The standard InChI is InChI=1S/C18H21BrO/c1-11-8-12(2)14(4)18(13(11)3)17(20)10-15-6-5-7-16(19)9-15/h5-9,17,20H,10H2,1-4H3. The third-order valence-corrected chi connectivity index (χ3v) is 4.57. The molecule has 2 aromatic carbocycles. The summed E-state index contributed by atoms with van der Waals surface area (Å²) >= 11 is 3.48. The predicted molar refractivity (Wildman–Crippen MR) is 88.2 cm³/mol. The minimum atomic E-state index is -0.456. The number of halogens is 1. The summed E-state index contributed by atoms with van der Waals surface area (Å²) in [6, 6.07) is 10.3. The molecule has 2 aromatic rings. The van der Waals surface area contributed by atoms with Gasteiger partial charge in [-0.15, -0.1) is 0 Å². The van der Waals surface area contributed by atoms with Crippen LogP contribution in [-0.2, 0) is 6.42 Å². The lowest BCUT2D eigenvalue weighted by Gasteiger charge is -2.20. The topological polar surface area (TPSA) is 20.2 Å². The quantitative estimate of drug-likeness (QED) is 0.842. The zero-order valence-electron chi connectivity index (χ0n) is 12.5. The summed E-state index contributed by atoms with van der Waals surface area (Å²) in [7, 11) is 0. The maximum atomic E-state index is 10.7. The summed E-state index contributed by atoms with van der Waals surface area (Å²) < 4.78 is 1.05. The van der Waals surface area contributed by atoms with E-state index in [1.165, 1.54) is 22.3 Å². The Morgan fingerprint density at radius 2 is 1.60 bits per heavy atom. The highest BCUT2D eigenvalue weighted by Crippen LogP contribution is 2.29. The number of hydrogen-bond acceptors (Lipinski definition) is 1. The van der Waals surface area contributed by atoms with E-state index in [0.29, 0.717) is 6.42 Å². The monoisotopic (exact) mass is 332 g/mol. The SMILES string of the molecule is Cc1cc(C)c(C)c(C(O)Cc2cccc(Br)c2)c1C. The number of rotatable bonds is 3. The molecule has 0 aliphatic rings. The zero-order chi connectivity index (χ0) is 14.9. The molecule has 0 aliphatic carbocycles. The first-order chi connectivity index (χ1) is 9.40. The van der Waals surface area contributed by atoms with Gasteiger partial charge in [0.2, 0.25) is 0 Å². The Morgan fingerprint density at radius 1 is 1.00 bits per heavy atom. The summed E-state index contributed by atoms with van der Waals surface area (Å²) in [5, 5.41) is 10.7. The van der Waals surface area contributed by atoms with Gasteiger partial charge >= 0.3 is 0 Å². The Kier molecular flexibility index (Phi) is 4.66. The molecule has 2 heteroatoms. The second-order valence-electron chi connectivity index (χ2n) is 5.52. The molecule has 0 radical (unpaired) electrons. The van der Waals surface area contributed by atoms with Gasteiger partial charge in [0.15, 0.2) is 0 Å². The molecule has 106 valence electrons. The van der Waals surface area contributed by atoms with Crippen molar-refractivity contribution in [2.45, 2.75) is 40.2 Å². The molecule has 0 bridgehead atoms. The molecule has 0 aliphatic heterocycles. The summed E-state index contributed by atoms with van der Waals surface area (Å²) in [4.78, 5) is 0. The highest BCUT2D eigenvalue weighted by Gasteiger charge is 2.17. The van der Waals surface area contributed by atoms with E-state index in [2.05, 4.69) is 61.8 Å². The van der Waals surface area contributed by atoms with Crippen LogP contribution in [0.15, 0.2) is 34.8 Å². The lowest BCUT2D eigenvalue weighted by molar-refractivity contribution is 0.177. The summed E-state index contributed by atoms with van der Waals surface area (Å²) in [6.45, 7) is 8.41. The van der Waals surface area contributed by atoms with Crippen LogP contribution < -0.4 is 0 Å². The Hall–Kier alpha value is -1.12. The first-order valence-corrected chi connectivity index (χ1v) is 7.69. The molecule has 0 fully saturated rings. The average Bonchev–Trinajstić information content (AvgIpc) is 2.36. The number of hydrogen-bond donors (Lipinski definition) is 1. The van der Waals surface area contributed by atoms with Crippen LogP contribution in [0.5, 0.6) is 0 Å². The van der Waals surface area contributed by atoms with Crippen molar-refractivity contribution >= 4 is 15.9 Å². The number of benzene rings is 2. The first-order valence-electron chi connectivity index (χ1n) is 6.90. The number of aliphatic hydroxyl groups excluding tert-OH is 1. The fourth-order valence-corrected chi connectivity index (χ4v) is 3.18. The Balaban J connectivity index is 2.37. The molecule has 1 nitrogen and oxygen atoms in total. The van der Waals surface area contributed by atoms with Crippen LogP contribution in [0.1, 0.15) is 39.5 Å². The fraction of sp³-hybridized carbons (Fsp3) is 0.333. The van der Waals surface area contributed by atoms with Gasteiger partial charge in [0.25, 0.3) is 0 Å². The van der Waals surface area contributed by atoms with Gasteiger partial charge in [0.05, 0.1) is 6.10 Å². The van der Waals surface area contributed by atoms with Crippen LogP contribution in [0.4, 0.5) is 0 Å². The third kappa shape index (κ3) is 3.13.